The largest absolute Gasteiger partial charge is 0.497 e. The van der Waals surface area contributed by atoms with Gasteiger partial charge in [0.05, 0.1) is 22.7 Å². The van der Waals surface area contributed by atoms with Crippen molar-refractivity contribution in [2.75, 3.05) is 17.7 Å². The summed E-state index contributed by atoms with van der Waals surface area (Å²) in [5.74, 6) is 1.14. The van der Waals surface area contributed by atoms with Crippen LogP contribution >= 0.6 is 23.2 Å². The topological polar surface area (TPSA) is 55.4 Å². The van der Waals surface area contributed by atoms with Gasteiger partial charge in [-0.15, -0.1) is 11.6 Å². The van der Waals surface area contributed by atoms with Crippen molar-refractivity contribution in [2.45, 2.75) is 17.7 Å². The highest BCUT2D eigenvalue weighted by atomic mass is 35.5. The van der Waals surface area contributed by atoms with E-state index in [9.17, 15) is 8.42 Å². The molecule has 1 N–H and O–H groups in total. The third-order valence-corrected chi connectivity index (χ3v) is 5.21. The lowest BCUT2D eigenvalue weighted by atomic mass is 10.1. The van der Waals surface area contributed by atoms with Crippen LogP contribution in [0.5, 0.6) is 5.75 Å². The van der Waals surface area contributed by atoms with Gasteiger partial charge in [0.15, 0.2) is 0 Å². The summed E-state index contributed by atoms with van der Waals surface area (Å²) in [6.45, 7) is 0. The Morgan fingerprint density at radius 2 is 1.83 bits per heavy atom. The minimum atomic E-state index is -3.69. The van der Waals surface area contributed by atoms with E-state index < -0.39 is 10.0 Å². The minimum absolute atomic E-state index is 0.180. The molecule has 0 aromatic heterocycles. The van der Waals surface area contributed by atoms with E-state index in [4.69, 9.17) is 27.9 Å². The molecule has 0 aliphatic rings. The molecule has 2 rings (SSSR count). The number of nitrogens with one attached hydrogen (secondary N) is 1. The third kappa shape index (κ3) is 4.77. The number of anilines is 1. The van der Waals surface area contributed by atoms with Gasteiger partial charge in [-0.25, -0.2) is 8.42 Å². The van der Waals surface area contributed by atoms with Gasteiger partial charge >= 0.3 is 0 Å². The fraction of sp³-hybridized carbons (Fsp3) is 0.250. The second-order valence-corrected chi connectivity index (χ2v) is 7.36. The Labute approximate surface area is 146 Å². The van der Waals surface area contributed by atoms with Crippen LogP contribution in [0.25, 0.3) is 0 Å². The number of methoxy groups -OCH3 is 1. The van der Waals surface area contributed by atoms with Crippen molar-refractivity contribution in [1.29, 1.82) is 0 Å². The van der Waals surface area contributed by atoms with Gasteiger partial charge in [-0.1, -0.05) is 23.7 Å². The van der Waals surface area contributed by atoms with Crippen LogP contribution in [0.2, 0.25) is 5.02 Å². The molecule has 2 aromatic carbocycles. The van der Waals surface area contributed by atoms with E-state index in [0.717, 1.165) is 18.4 Å². The highest BCUT2D eigenvalue weighted by Gasteiger charge is 2.16. The van der Waals surface area contributed by atoms with Crippen molar-refractivity contribution >= 4 is 38.9 Å². The normalized spacial score (nSPS) is 11.3. The molecule has 0 saturated carbocycles. The number of rotatable bonds is 7. The number of aryl methyl sites for hydroxylation is 1. The lowest BCUT2D eigenvalue weighted by Gasteiger charge is -2.11. The van der Waals surface area contributed by atoms with Crippen LogP contribution in [0.3, 0.4) is 0 Å². The summed E-state index contributed by atoms with van der Waals surface area (Å²) in [4.78, 5) is 0.180. The predicted molar refractivity (Wildman–Crippen MR) is 94.3 cm³/mol. The fourth-order valence-electron chi connectivity index (χ4n) is 2.02. The van der Waals surface area contributed by atoms with Crippen molar-refractivity contribution in [3.05, 3.63) is 53.1 Å². The van der Waals surface area contributed by atoms with Crippen LogP contribution in [-0.2, 0) is 16.4 Å². The van der Waals surface area contributed by atoms with Crippen LogP contribution in [-0.4, -0.2) is 21.4 Å². The first-order valence-electron chi connectivity index (χ1n) is 6.97. The molecule has 7 heteroatoms. The number of ether oxygens (including phenoxy) is 1. The summed E-state index contributed by atoms with van der Waals surface area (Å²) in [7, 11) is -2.18. The van der Waals surface area contributed by atoms with Gasteiger partial charge in [0, 0.05) is 11.9 Å². The molecule has 0 aliphatic heterocycles. The zero-order valence-electron chi connectivity index (χ0n) is 12.6. The van der Waals surface area contributed by atoms with E-state index in [0.29, 0.717) is 17.3 Å². The first-order valence-corrected chi connectivity index (χ1v) is 9.37. The molecule has 2 aromatic rings. The monoisotopic (exact) mass is 373 g/mol. The van der Waals surface area contributed by atoms with Crippen LogP contribution in [0.1, 0.15) is 12.0 Å². The van der Waals surface area contributed by atoms with Gasteiger partial charge in [-0.3, -0.25) is 4.72 Å². The van der Waals surface area contributed by atoms with E-state index in [-0.39, 0.29) is 9.92 Å². The van der Waals surface area contributed by atoms with Crippen molar-refractivity contribution in [2.24, 2.45) is 0 Å². The molecule has 0 spiro atoms. The Bertz CT molecular complexity index is 761. The maximum absolute atomic E-state index is 12.4. The van der Waals surface area contributed by atoms with Crippen LogP contribution < -0.4 is 9.46 Å². The zero-order chi connectivity index (χ0) is 16.9. The molecule has 0 bridgehead atoms. The lowest BCUT2D eigenvalue weighted by molar-refractivity contribution is 0.415. The Morgan fingerprint density at radius 1 is 1.13 bits per heavy atom. The van der Waals surface area contributed by atoms with Crippen molar-refractivity contribution in [1.82, 2.24) is 0 Å². The smallest absolute Gasteiger partial charge is 0.261 e. The molecular formula is C16H17Cl2NO3S. The maximum Gasteiger partial charge on any atom is 0.261 e. The second-order valence-electron chi connectivity index (χ2n) is 4.89. The molecular weight excluding hydrogens is 357 g/mol. The quantitative estimate of drug-likeness (QED) is 0.735. The highest BCUT2D eigenvalue weighted by Crippen LogP contribution is 2.28. The Hall–Kier alpha value is -1.43. The third-order valence-electron chi connectivity index (χ3n) is 3.25. The Balaban J connectivity index is 2.18. The Morgan fingerprint density at radius 3 is 2.39 bits per heavy atom. The first-order chi connectivity index (χ1) is 11.0. The summed E-state index contributed by atoms with van der Waals surface area (Å²) in [5.41, 5.74) is 1.35. The van der Waals surface area contributed by atoms with Gasteiger partial charge < -0.3 is 4.74 Å². The van der Waals surface area contributed by atoms with E-state index in [1.165, 1.54) is 7.11 Å². The molecule has 4 nitrogen and oxygen atoms in total. The molecule has 23 heavy (non-hydrogen) atoms. The average molecular weight is 374 g/mol. The van der Waals surface area contributed by atoms with Gasteiger partial charge in [0.1, 0.15) is 5.75 Å². The number of hydrogen-bond acceptors (Lipinski definition) is 3. The van der Waals surface area contributed by atoms with E-state index in [2.05, 4.69) is 4.72 Å². The summed E-state index contributed by atoms with van der Waals surface area (Å²) in [6, 6.07) is 11.5. The number of halogens is 2. The van der Waals surface area contributed by atoms with E-state index in [1.54, 1.807) is 42.5 Å². The van der Waals surface area contributed by atoms with Crippen LogP contribution in [0, 0.1) is 0 Å². The molecule has 0 amide bonds. The van der Waals surface area contributed by atoms with Gasteiger partial charge in [-0.05, 0) is 42.7 Å². The number of alkyl halides is 1. The molecule has 0 unspecified atom stereocenters. The fourth-order valence-corrected chi connectivity index (χ4v) is 3.50. The molecule has 0 aliphatic carbocycles. The van der Waals surface area contributed by atoms with Crippen molar-refractivity contribution in [3.8, 4) is 5.75 Å². The van der Waals surface area contributed by atoms with Crippen LogP contribution in [0.15, 0.2) is 47.4 Å². The number of sulfonamides is 1. The first kappa shape index (κ1) is 17.9. The van der Waals surface area contributed by atoms with Gasteiger partial charge in [0.25, 0.3) is 10.0 Å². The van der Waals surface area contributed by atoms with Gasteiger partial charge in [0.2, 0.25) is 0 Å². The SMILES string of the molecule is COc1ccc(NS(=O)(=O)c2ccc(CCCCl)cc2)c(Cl)c1. The van der Waals surface area contributed by atoms with Crippen molar-refractivity contribution in [3.63, 3.8) is 0 Å². The average Bonchev–Trinajstić information content (AvgIpc) is 2.55. The predicted octanol–water partition coefficient (Wildman–Crippen LogP) is 4.32. The standard InChI is InChI=1S/C16H17Cl2NO3S/c1-22-13-6-9-16(15(18)11-13)19-23(20,21)14-7-4-12(5-8-14)3-2-10-17/h4-9,11,19H,2-3,10H2,1H3. The Kier molecular flexibility index (Phi) is 6.16. The number of hydrogen-bond donors (Lipinski definition) is 1. The molecule has 0 atom stereocenters. The highest BCUT2D eigenvalue weighted by molar-refractivity contribution is 7.92. The summed E-state index contributed by atoms with van der Waals surface area (Å²) < 4.78 is 32.3. The molecule has 0 saturated heterocycles. The molecule has 0 fully saturated rings. The molecule has 0 heterocycles. The lowest BCUT2D eigenvalue weighted by Crippen LogP contribution is -2.13. The zero-order valence-corrected chi connectivity index (χ0v) is 14.9. The summed E-state index contributed by atoms with van der Waals surface area (Å²) in [6.07, 6.45) is 1.68. The second kappa shape index (κ2) is 7.90. The van der Waals surface area contributed by atoms with E-state index >= 15 is 0 Å². The van der Waals surface area contributed by atoms with Crippen molar-refractivity contribution < 1.29 is 13.2 Å². The summed E-state index contributed by atoms with van der Waals surface area (Å²) in [5, 5.41) is 0.270. The minimum Gasteiger partial charge on any atom is -0.497 e. The number of benzene rings is 2. The molecule has 0 radical (unpaired) electrons. The molecule has 124 valence electrons. The van der Waals surface area contributed by atoms with E-state index in [1.807, 2.05) is 0 Å². The maximum atomic E-state index is 12.4. The van der Waals surface area contributed by atoms with Crippen LogP contribution in [0.4, 0.5) is 5.69 Å². The van der Waals surface area contributed by atoms with Gasteiger partial charge in [-0.2, -0.15) is 0 Å². The summed E-state index contributed by atoms with van der Waals surface area (Å²) >= 11 is 11.7.